The fourth-order valence-electron chi connectivity index (χ4n) is 4.14. The number of nitrogens with zero attached hydrogens (tertiary/aromatic N) is 3. The zero-order chi connectivity index (χ0) is 30.6. The Bertz CT molecular complexity index is 609. The van der Waals surface area contributed by atoms with Crippen molar-refractivity contribution in [3.8, 4) is 0 Å². The molecular formula is C31H64N4O5. The van der Waals surface area contributed by atoms with Crippen molar-refractivity contribution >= 4 is 17.3 Å². The smallest absolute Gasteiger partial charge is 0.146 e. The number of carbonyl (C=O) groups excluding carboxylic acids is 3. The number of ether oxygens (including phenoxy) is 1. The first-order valence-electron chi connectivity index (χ1n) is 15.6. The van der Waals surface area contributed by atoms with Gasteiger partial charge in [0.05, 0.1) is 19.1 Å². The van der Waals surface area contributed by atoms with Crippen molar-refractivity contribution in [1.82, 2.24) is 20.0 Å². The molecule has 1 aliphatic heterocycles. The number of carbonyl (C=O) groups is 3. The first kappa shape index (κ1) is 40.9. The van der Waals surface area contributed by atoms with Crippen LogP contribution in [-0.4, -0.2) is 130 Å². The largest absolute Gasteiger partial charge is 0.396 e. The highest BCUT2D eigenvalue weighted by atomic mass is 16.5. The van der Waals surface area contributed by atoms with Crippen molar-refractivity contribution in [1.29, 1.82) is 0 Å². The average Bonchev–Trinajstić information content (AvgIpc) is 3.52. The van der Waals surface area contributed by atoms with Crippen molar-refractivity contribution in [2.24, 2.45) is 0 Å². The molecule has 1 rings (SSSR count). The first-order valence-corrected chi connectivity index (χ1v) is 15.6. The molecule has 1 aliphatic rings. The molecule has 1 fully saturated rings. The SMILES string of the molecule is C1CCOC1.CCC(=O)CN(C)CCCCN(C)CCCCC(NC)C(C)=O.CCC(=O)CN(C)CCCCO. The Morgan fingerprint density at radius 3 is 1.52 bits per heavy atom. The van der Waals surface area contributed by atoms with Crippen LogP contribution in [0.25, 0.3) is 0 Å². The highest BCUT2D eigenvalue weighted by molar-refractivity contribution is 5.81. The second-order valence-electron chi connectivity index (χ2n) is 11.0. The molecule has 9 nitrogen and oxygen atoms in total. The third kappa shape index (κ3) is 28.3. The lowest BCUT2D eigenvalue weighted by molar-refractivity contribution is -0.120. The molecule has 0 radical (unpaired) electrons. The van der Waals surface area contributed by atoms with Gasteiger partial charge in [0.2, 0.25) is 0 Å². The van der Waals surface area contributed by atoms with E-state index >= 15 is 0 Å². The predicted molar refractivity (Wildman–Crippen MR) is 166 cm³/mol. The number of unbranched alkanes of at least 4 members (excludes halogenated alkanes) is 3. The van der Waals surface area contributed by atoms with Crippen molar-refractivity contribution in [3.05, 3.63) is 0 Å². The molecule has 0 aliphatic carbocycles. The lowest BCUT2D eigenvalue weighted by Crippen LogP contribution is -2.32. The van der Waals surface area contributed by atoms with E-state index in [1.165, 1.54) is 12.8 Å². The molecule has 9 heteroatoms. The van der Waals surface area contributed by atoms with Gasteiger partial charge >= 0.3 is 0 Å². The van der Waals surface area contributed by atoms with Crippen molar-refractivity contribution < 1.29 is 24.2 Å². The van der Waals surface area contributed by atoms with Gasteiger partial charge in [-0.25, -0.2) is 0 Å². The molecule has 2 N–H and O–H groups in total. The molecule has 0 saturated carbocycles. The molecule has 1 heterocycles. The normalized spacial score (nSPS) is 13.6. The van der Waals surface area contributed by atoms with Gasteiger partial charge in [-0.15, -0.1) is 0 Å². The third-order valence-corrected chi connectivity index (χ3v) is 6.91. The number of rotatable bonds is 22. The quantitative estimate of drug-likeness (QED) is 0.189. The van der Waals surface area contributed by atoms with Crippen molar-refractivity contribution in [2.45, 2.75) is 97.4 Å². The van der Waals surface area contributed by atoms with Crippen LogP contribution in [0.1, 0.15) is 91.4 Å². The van der Waals surface area contributed by atoms with Gasteiger partial charge in [0.1, 0.15) is 17.3 Å². The Morgan fingerprint density at radius 1 is 0.750 bits per heavy atom. The fraction of sp³-hybridized carbons (Fsp3) is 0.903. The van der Waals surface area contributed by atoms with E-state index in [0.717, 1.165) is 84.3 Å². The molecule has 238 valence electrons. The minimum Gasteiger partial charge on any atom is -0.396 e. The Balaban J connectivity index is 0. The Kier molecular flexibility index (Phi) is 29.9. The number of hydrogen-bond acceptors (Lipinski definition) is 9. The molecule has 1 saturated heterocycles. The van der Waals surface area contributed by atoms with E-state index in [1.807, 2.05) is 39.9 Å². The predicted octanol–water partition coefficient (Wildman–Crippen LogP) is 3.42. The Morgan fingerprint density at radius 2 is 1.18 bits per heavy atom. The molecule has 0 bridgehead atoms. The van der Waals surface area contributed by atoms with Crippen LogP contribution >= 0.6 is 0 Å². The average molecular weight is 573 g/mol. The highest BCUT2D eigenvalue weighted by Gasteiger charge is 2.10. The van der Waals surface area contributed by atoms with E-state index in [2.05, 4.69) is 22.2 Å². The third-order valence-electron chi connectivity index (χ3n) is 6.91. The summed E-state index contributed by atoms with van der Waals surface area (Å²) in [6.07, 6.45) is 11.0. The van der Waals surface area contributed by atoms with Gasteiger partial charge in [-0.3, -0.25) is 24.2 Å². The minimum absolute atomic E-state index is 0.0154. The summed E-state index contributed by atoms with van der Waals surface area (Å²) in [6, 6.07) is 0.0154. The number of nitrogens with one attached hydrogen (secondary N) is 1. The highest BCUT2D eigenvalue weighted by Crippen LogP contribution is 2.04. The van der Waals surface area contributed by atoms with E-state index < -0.39 is 0 Å². The summed E-state index contributed by atoms with van der Waals surface area (Å²) in [7, 11) is 7.96. The van der Waals surface area contributed by atoms with E-state index in [0.29, 0.717) is 31.7 Å². The molecule has 1 unspecified atom stereocenters. The molecule has 0 aromatic carbocycles. The molecule has 0 aromatic rings. The van der Waals surface area contributed by atoms with Crippen molar-refractivity contribution in [3.63, 3.8) is 0 Å². The number of aliphatic hydroxyl groups is 1. The lowest BCUT2D eigenvalue weighted by atomic mass is 10.1. The van der Waals surface area contributed by atoms with Crippen LogP contribution in [0, 0.1) is 0 Å². The van der Waals surface area contributed by atoms with Gasteiger partial charge in [-0.1, -0.05) is 20.3 Å². The fourth-order valence-corrected chi connectivity index (χ4v) is 4.14. The standard InChI is InChI=1S/C18H37N3O2.C9H19NO2.C4H8O/c1-6-17(23)15-21(5)14-10-9-13-20(4)12-8-7-11-18(19-3)16(2)22;1-3-9(12)8-10(2)6-4-5-7-11;1-2-4-5-3-1/h18-19H,6-15H2,1-5H3;11H,3-8H2,1-2H3;1-4H2. The van der Waals surface area contributed by atoms with Crippen LogP contribution in [0.5, 0.6) is 0 Å². The molecule has 0 aromatic heterocycles. The maximum atomic E-state index is 11.3. The van der Waals surface area contributed by atoms with Crippen LogP contribution in [0.15, 0.2) is 0 Å². The summed E-state index contributed by atoms with van der Waals surface area (Å²) in [4.78, 5) is 40.1. The zero-order valence-electron chi connectivity index (χ0n) is 27.1. The van der Waals surface area contributed by atoms with E-state index in [9.17, 15) is 14.4 Å². The number of Topliss-reactive ketones (excluding diaryl/α,β-unsaturated/α-hetero) is 3. The molecule has 0 amide bonds. The number of likely N-dealkylation sites (N-methyl/N-ethyl adjacent to an activating group) is 3. The molecule has 0 spiro atoms. The van der Waals surface area contributed by atoms with E-state index in [-0.39, 0.29) is 24.2 Å². The summed E-state index contributed by atoms with van der Waals surface area (Å²) < 4.78 is 4.94. The topological polar surface area (TPSA) is 102 Å². The Hall–Kier alpha value is -1.23. The number of ketones is 3. The van der Waals surface area contributed by atoms with E-state index in [1.54, 1.807) is 6.92 Å². The first-order chi connectivity index (χ1) is 19.1. The maximum absolute atomic E-state index is 11.3. The van der Waals surface area contributed by atoms with Crippen LogP contribution in [0.4, 0.5) is 0 Å². The summed E-state index contributed by atoms with van der Waals surface area (Å²) in [5, 5.41) is 11.6. The summed E-state index contributed by atoms with van der Waals surface area (Å²) in [5.74, 6) is 0.822. The monoisotopic (exact) mass is 572 g/mol. The van der Waals surface area contributed by atoms with Crippen LogP contribution < -0.4 is 5.32 Å². The van der Waals surface area contributed by atoms with Gasteiger partial charge < -0.3 is 20.1 Å². The Labute approximate surface area is 246 Å². The summed E-state index contributed by atoms with van der Waals surface area (Å²) in [5.41, 5.74) is 0. The van der Waals surface area contributed by atoms with Gasteiger partial charge in [0, 0.05) is 32.7 Å². The molecule has 1 atom stereocenters. The summed E-state index contributed by atoms with van der Waals surface area (Å²) in [6.45, 7) is 12.9. The van der Waals surface area contributed by atoms with Gasteiger partial charge in [-0.2, -0.15) is 0 Å². The minimum atomic E-state index is 0.0154. The number of aliphatic hydroxyl groups excluding tert-OH is 1. The number of hydrogen-bond donors (Lipinski definition) is 2. The lowest BCUT2D eigenvalue weighted by Gasteiger charge is -2.19. The van der Waals surface area contributed by atoms with Gasteiger partial charge in [-0.05, 0) is 113 Å². The second kappa shape index (κ2) is 29.3. The van der Waals surface area contributed by atoms with Gasteiger partial charge in [0.25, 0.3) is 0 Å². The summed E-state index contributed by atoms with van der Waals surface area (Å²) >= 11 is 0. The van der Waals surface area contributed by atoms with Crippen molar-refractivity contribution in [2.75, 3.05) is 87.3 Å². The molecular weight excluding hydrogens is 508 g/mol. The maximum Gasteiger partial charge on any atom is 0.146 e. The molecule has 40 heavy (non-hydrogen) atoms. The second-order valence-corrected chi connectivity index (χ2v) is 11.0. The van der Waals surface area contributed by atoms with Gasteiger partial charge in [0.15, 0.2) is 0 Å². The van der Waals surface area contributed by atoms with Crippen LogP contribution in [-0.2, 0) is 19.1 Å². The van der Waals surface area contributed by atoms with Crippen LogP contribution in [0.3, 0.4) is 0 Å². The van der Waals surface area contributed by atoms with E-state index in [4.69, 9.17) is 9.84 Å². The zero-order valence-corrected chi connectivity index (χ0v) is 27.1. The van der Waals surface area contributed by atoms with Crippen LogP contribution in [0.2, 0.25) is 0 Å².